The van der Waals surface area contributed by atoms with Crippen molar-refractivity contribution in [2.75, 3.05) is 26.2 Å². The third-order valence-corrected chi connectivity index (χ3v) is 6.81. The van der Waals surface area contributed by atoms with Crippen molar-refractivity contribution in [3.8, 4) is 11.5 Å². The van der Waals surface area contributed by atoms with E-state index in [1.54, 1.807) is 12.1 Å². The van der Waals surface area contributed by atoms with Crippen LogP contribution in [0.1, 0.15) is 5.89 Å². The molecule has 0 unspecified atom stereocenters. The van der Waals surface area contributed by atoms with E-state index in [1.165, 1.54) is 34.6 Å². The number of nitro groups is 1. The van der Waals surface area contributed by atoms with Gasteiger partial charge in [0.05, 0.1) is 16.4 Å². The van der Waals surface area contributed by atoms with Gasteiger partial charge in [0.1, 0.15) is 5.82 Å². The van der Waals surface area contributed by atoms with Crippen LogP contribution in [0.2, 0.25) is 0 Å². The summed E-state index contributed by atoms with van der Waals surface area (Å²) in [5.74, 6) is 0.289. The standard InChI is InChI=1S/C19H18FN5O5S/c20-15-6-4-14(5-7-15)19-22-21-18(30-19)13-23-8-10-24(11-9-23)31(28,29)17-3-1-2-16(12-17)25(26)27/h1-7,12H,8-11,13H2. The predicted octanol–water partition coefficient (Wildman–Crippen LogP) is 2.29. The van der Waals surface area contributed by atoms with E-state index in [-0.39, 0.29) is 35.4 Å². The molecule has 0 amide bonds. The highest BCUT2D eigenvalue weighted by molar-refractivity contribution is 7.89. The molecule has 3 aromatic rings. The summed E-state index contributed by atoms with van der Waals surface area (Å²) >= 11 is 0. The summed E-state index contributed by atoms with van der Waals surface area (Å²) in [6, 6.07) is 10.7. The SMILES string of the molecule is O=[N+]([O-])c1cccc(S(=O)(=O)N2CCN(Cc3nnc(-c4ccc(F)cc4)o3)CC2)c1. The molecule has 10 nitrogen and oxygen atoms in total. The molecule has 1 fully saturated rings. The Balaban J connectivity index is 1.38. The topological polar surface area (TPSA) is 123 Å². The highest BCUT2D eigenvalue weighted by atomic mass is 32.2. The van der Waals surface area contributed by atoms with Gasteiger partial charge in [0.2, 0.25) is 21.8 Å². The van der Waals surface area contributed by atoms with Crippen LogP contribution >= 0.6 is 0 Å². The second-order valence-electron chi connectivity index (χ2n) is 6.94. The largest absolute Gasteiger partial charge is 0.419 e. The Kier molecular flexibility index (Phi) is 5.76. The van der Waals surface area contributed by atoms with E-state index in [1.807, 2.05) is 4.90 Å². The maximum Gasteiger partial charge on any atom is 0.270 e. The average molecular weight is 447 g/mol. The minimum absolute atomic E-state index is 0.101. The van der Waals surface area contributed by atoms with Crippen molar-refractivity contribution in [2.24, 2.45) is 0 Å². The number of aromatic nitrogens is 2. The molecule has 12 heteroatoms. The van der Waals surface area contributed by atoms with Crippen molar-refractivity contribution in [2.45, 2.75) is 11.4 Å². The number of nitrogens with zero attached hydrogens (tertiary/aromatic N) is 5. The molecule has 0 N–H and O–H groups in total. The molecule has 1 aliphatic heterocycles. The second kappa shape index (κ2) is 8.49. The van der Waals surface area contributed by atoms with E-state index in [0.717, 1.165) is 6.07 Å². The maximum atomic E-state index is 13.0. The van der Waals surface area contributed by atoms with E-state index in [9.17, 15) is 22.9 Å². The van der Waals surface area contributed by atoms with Crippen molar-refractivity contribution < 1.29 is 22.1 Å². The predicted molar refractivity (Wildman–Crippen MR) is 107 cm³/mol. The lowest BCUT2D eigenvalue weighted by Crippen LogP contribution is -2.48. The van der Waals surface area contributed by atoms with Gasteiger partial charge in [-0.25, -0.2) is 12.8 Å². The van der Waals surface area contributed by atoms with Crippen LogP contribution in [0.4, 0.5) is 10.1 Å². The van der Waals surface area contributed by atoms with Gasteiger partial charge in [-0.1, -0.05) is 6.07 Å². The molecular weight excluding hydrogens is 429 g/mol. The molecule has 4 rings (SSSR count). The van der Waals surface area contributed by atoms with E-state index in [2.05, 4.69) is 10.2 Å². The molecule has 2 aromatic carbocycles. The normalized spacial score (nSPS) is 15.8. The van der Waals surface area contributed by atoms with Crippen molar-refractivity contribution in [3.05, 3.63) is 70.4 Å². The van der Waals surface area contributed by atoms with Gasteiger partial charge in [-0.3, -0.25) is 15.0 Å². The van der Waals surface area contributed by atoms with Gasteiger partial charge in [0.15, 0.2) is 0 Å². The molecule has 0 radical (unpaired) electrons. The van der Waals surface area contributed by atoms with Crippen molar-refractivity contribution in [1.82, 2.24) is 19.4 Å². The summed E-state index contributed by atoms with van der Waals surface area (Å²) in [6.45, 7) is 1.66. The second-order valence-corrected chi connectivity index (χ2v) is 8.88. The van der Waals surface area contributed by atoms with E-state index >= 15 is 0 Å². The minimum atomic E-state index is -3.83. The molecule has 2 heterocycles. The Morgan fingerprint density at radius 2 is 1.77 bits per heavy atom. The average Bonchev–Trinajstić information content (AvgIpc) is 3.23. The van der Waals surface area contributed by atoms with Gasteiger partial charge in [-0.05, 0) is 30.3 Å². The van der Waals surface area contributed by atoms with Crippen LogP contribution in [-0.4, -0.2) is 58.9 Å². The Hall–Kier alpha value is -3.22. The number of sulfonamides is 1. The molecule has 0 aliphatic carbocycles. The molecule has 1 aromatic heterocycles. The fourth-order valence-electron chi connectivity index (χ4n) is 3.25. The quantitative estimate of drug-likeness (QED) is 0.417. The van der Waals surface area contributed by atoms with Crippen LogP contribution in [0.3, 0.4) is 0 Å². The highest BCUT2D eigenvalue weighted by Crippen LogP contribution is 2.23. The lowest BCUT2D eigenvalue weighted by molar-refractivity contribution is -0.385. The first-order valence-corrected chi connectivity index (χ1v) is 10.8. The summed E-state index contributed by atoms with van der Waals surface area (Å²) in [7, 11) is -3.83. The lowest BCUT2D eigenvalue weighted by Gasteiger charge is -2.33. The summed E-state index contributed by atoms with van der Waals surface area (Å²) < 4.78 is 45.6. The zero-order chi connectivity index (χ0) is 22.0. The van der Waals surface area contributed by atoms with Gasteiger partial charge < -0.3 is 4.42 Å². The molecule has 1 saturated heterocycles. The monoisotopic (exact) mass is 447 g/mol. The summed E-state index contributed by atoms with van der Waals surface area (Å²) in [4.78, 5) is 12.2. The number of piperazine rings is 1. The first-order chi connectivity index (χ1) is 14.8. The van der Waals surface area contributed by atoms with Crippen LogP contribution < -0.4 is 0 Å². The lowest BCUT2D eigenvalue weighted by atomic mass is 10.2. The van der Waals surface area contributed by atoms with Crippen LogP contribution in [0, 0.1) is 15.9 Å². The molecule has 0 bridgehead atoms. The van der Waals surface area contributed by atoms with E-state index in [0.29, 0.717) is 31.1 Å². The first-order valence-electron chi connectivity index (χ1n) is 9.38. The minimum Gasteiger partial charge on any atom is -0.419 e. The Bertz CT molecular complexity index is 1190. The maximum absolute atomic E-state index is 13.0. The number of nitro benzene ring substituents is 1. The zero-order valence-electron chi connectivity index (χ0n) is 16.2. The van der Waals surface area contributed by atoms with Crippen molar-refractivity contribution >= 4 is 15.7 Å². The fraction of sp³-hybridized carbons (Fsp3) is 0.263. The van der Waals surface area contributed by atoms with Gasteiger partial charge in [0.25, 0.3) is 5.69 Å². The number of benzene rings is 2. The zero-order valence-corrected chi connectivity index (χ0v) is 17.0. The summed E-state index contributed by atoms with van der Waals surface area (Å²) in [6.07, 6.45) is 0. The van der Waals surface area contributed by atoms with Gasteiger partial charge in [-0.2, -0.15) is 4.31 Å². The van der Waals surface area contributed by atoms with Gasteiger partial charge >= 0.3 is 0 Å². The van der Waals surface area contributed by atoms with Crippen LogP contribution in [0.5, 0.6) is 0 Å². The van der Waals surface area contributed by atoms with Crippen LogP contribution in [0.25, 0.3) is 11.5 Å². The molecule has 0 saturated carbocycles. The highest BCUT2D eigenvalue weighted by Gasteiger charge is 2.30. The van der Waals surface area contributed by atoms with Crippen LogP contribution in [-0.2, 0) is 16.6 Å². The van der Waals surface area contributed by atoms with Crippen molar-refractivity contribution in [3.63, 3.8) is 0 Å². The smallest absolute Gasteiger partial charge is 0.270 e. The van der Waals surface area contributed by atoms with Crippen molar-refractivity contribution in [1.29, 1.82) is 0 Å². The summed E-state index contributed by atoms with van der Waals surface area (Å²) in [5, 5.41) is 18.9. The fourth-order valence-corrected chi connectivity index (χ4v) is 4.71. The molecule has 162 valence electrons. The Morgan fingerprint density at radius 3 is 2.45 bits per heavy atom. The number of hydrogen-bond acceptors (Lipinski definition) is 8. The van der Waals surface area contributed by atoms with E-state index in [4.69, 9.17) is 4.42 Å². The number of halogens is 1. The number of non-ortho nitro benzene ring substituents is 1. The third kappa shape index (κ3) is 4.60. The molecule has 31 heavy (non-hydrogen) atoms. The first kappa shape index (κ1) is 21.0. The Labute approximate surface area is 177 Å². The molecule has 0 spiro atoms. The van der Waals surface area contributed by atoms with E-state index < -0.39 is 14.9 Å². The number of hydrogen-bond donors (Lipinski definition) is 0. The molecular formula is C19H18FN5O5S. The number of rotatable bonds is 6. The van der Waals surface area contributed by atoms with Gasteiger partial charge in [-0.15, -0.1) is 10.2 Å². The summed E-state index contributed by atoms with van der Waals surface area (Å²) in [5.41, 5.74) is 0.334. The Morgan fingerprint density at radius 1 is 1.06 bits per heavy atom. The van der Waals surface area contributed by atoms with Crippen LogP contribution in [0.15, 0.2) is 57.8 Å². The molecule has 1 aliphatic rings. The third-order valence-electron chi connectivity index (χ3n) is 4.91. The molecule has 0 atom stereocenters. The van der Waals surface area contributed by atoms with Gasteiger partial charge in [0, 0.05) is 43.9 Å².